The van der Waals surface area contributed by atoms with Crippen LogP contribution in [0.2, 0.25) is 0 Å². The van der Waals surface area contributed by atoms with Crippen LogP contribution in [-0.4, -0.2) is 90.7 Å². The summed E-state index contributed by atoms with van der Waals surface area (Å²) < 4.78 is 54.2. The lowest BCUT2D eigenvalue weighted by molar-refractivity contribution is 0.136. The van der Waals surface area contributed by atoms with E-state index in [0.29, 0.717) is 19.6 Å². The van der Waals surface area contributed by atoms with Gasteiger partial charge in [-0.2, -0.15) is 16.8 Å². The number of hydrogen-bond acceptors (Lipinski definition) is 8. The zero-order valence-corrected chi connectivity index (χ0v) is 11.7. The maximum atomic E-state index is 9.66. The van der Waals surface area contributed by atoms with E-state index in [2.05, 4.69) is 0 Å². The van der Waals surface area contributed by atoms with Crippen molar-refractivity contribution < 1.29 is 41.3 Å². The first kappa shape index (κ1) is 21.0. The van der Waals surface area contributed by atoms with Gasteiger partial charge >= 0.3 is 0 Å². The highest BCUT2D eigenvalue weighted by Crippen LogP contribution is 1.88. The maximum Gasteiger partial charge on any atom is 0.281 e. The highest BCUT2D eigenvalue weighted by molar-refractivity contribution is 8.02. The second kappa shape index (κ2) is 10.4. The van der Waals surface area contributed by atoms with Gasteiger partial charge in [-0.15, -0.1) is 0 Å². The molecular weight excluding hydrogens is 306 g/mol. The Morgan fingerprint density at radius 3 is 1.05 bits per heavy atom. The minimum absolute atomic E-state index is 0.0694. The van der Waals surface area contributed by atoms with E-state index >= 15 is 0 Å². The fourth-order valence-corrected chi connectivity index (χ4v) is 2.45. The fourth-order valence-electron chi connectivity index (χ4n) is 0.948. The van der Waals surface area contributed by atoms with Crippen LogP contribution in [-0.2, 0) is 20.2 Å². The molecule has 0 aliphatic carbocycles. The van der Waals surface area contributed by atoms with Gasteiger partial charge in [-0.25, -0.2) is 0 Å². The van der Waals surface area contributed by atoms with E-state index < -0.39 is 25.3 Å². The third-order valence-electron chi connectivity index (χ3n) is 1.55. The van der Waals surface area contributed by atoms with E-state index in [4.69, 9.17) is 24.4 Å². The zero-order chi connectivity index (χ0) is 15.5. The van der Waals surface area contributed by atoms with Crippen LogP contribution in [0.25, 0.3) is 0 Å². The van der Waals surface area contributed by atoms with E-state index in [-0.39, 0.29) is 19.8 Å². The number of hydrogen-bond donors (Lipinski definition) is 5. The highest BCUT2D eigenvalue weighted by atomic mass is 32.3. The van der Waals surface area contributed by atoms with Gasteiger partial charge in [0.25, 0.3) is 20.2 Å². The number of rotatable bonds is 8. The van der Waals surface area contributed by atoms with E-state index in [1.54, 1.807) is 4.90 Å². The molecule has 0 amide bonds. The van der Waals surface area contributed by atoms with Crippen LogP contribution in [0.4, 0.5) is 0 Å². The summed E-state index contributed by atoms with van der Waals surface area (Å²) >= 11 is 0. The van der Waals surface area contributed by atoms with Gasteiger partial charge in [-0.3, -0.25) is 14.0 Å². The Morgan fingerprint density at radius 1 is 0.684 bits per heavy atom. The minimum atomic E-state index is -4.62. The van der Waals surface area contributed by atoms with Gasteiger partial charge in [-0.1, -0.05) is 0 Å². The van der Waals surface area contributed by atoms with E-state index in [1.807, 2.05) is 0 Å². The van der Waals surface area contributed by atoms with Gasteiger partial charge in [0.05, 0.1) is 19.8 Å². The normalized spacial score (nSPS) is 12.1. The molecule has 118 valence electrons. The van der Waals surface area contributed by atoms with Gasteiger partial charge in [0, 0.05) is 19.6 Å². The molecular formula is C7H19NO9S2. The molecule has 0 radical (unpaired) electrons. The first-order chi connectivity index (χ1) is 8.55. The van der Waals surface area contributed by atoms with Crippen molar-refractivity contribution >= 4 is 20.2 Å². The van der Waals surface area contributed by atoms with Crippen LogP contribution in [0.3, 0.4) is 0 Å². The lowest BCUT2D eigenvalue weighted by atomic mass is 10.4. The Bertz CT molecular complexity index is 360. The van der Waals surface area contributed by atoms with Crippen molar-refractivity contribution in [1.29, 1.82) is 0 Å². The van der Waals surface area contributed by atoms with Crippen LogP contribution in [0.15, 0.2) is 0 Å². The smallest absolute Gasteiger partial charge is 0.281 e. The van der Waals surface area contributed by atoms with Crippen molar-refractivity contribution in [2.45, 2.75) is 0 Å². The van der Waals surface area contributed by atoms with E-state index in [0.717, 1.165) is 0 Å². The molecule has 0 aromatic carbocycles. The molecule has 0 bridgehead atoms. The van der Waals surface area contributed by atoms with Crippen molar-refractivity contribution in [3.63, 3.8) is 0 Å². The molecule has 5 N–H and O–H groups in total. The standard InChI is InChI=1S/C6H15NO3.CH4O6S2/c8-4-1-7(2-5-9)3-6-10;2-8(3,4)1-9(5,6)7/h8-10H,1-6H2;1H2,(H,2,3,4)(H,5,6,7). The van der Waals surface area contributed by atoms with Crippen molar-refractivity contribution in [1.82, 2.24) is 4.90 Å². The summed E-state index contributed by atoms with van der Waals surface area (Å²) in [5.74, 6) is 0. The van der Waals surface area contributed by atoms with Crippen molar-refractivity contribution in [2.75, 3.05) is 44.5 Å². The summed E-state index contributed by atoms with van der Waals surface area (Å²) in [6, 6.07) is 0. The molecule has 0 aromatic rings. The lowest BCUT2D eigenvalue weighted by Gasteiger charge is -2.17. The average Bonchev–Trinajstić information content (AvgIpc) is 2.13. The Balaban J connectivity index is 0. The van der Waals surface area contributed by atoms with Gasteiger partial charge < -0.3 is 15.3 Å². The van der Waals surface area contributed by atoms with E-state index in [1.165, 1.54) is 0 Å². The van der Waals surface area contributed by atoms with Crippen LogP contribution in [0.1, 0.15) is 0 Å². The molecule has 0 rings (SSSR count). The monoisotopic (exact) mass is 325 g/mol. The zero-order valence-electron chi connectivity index (χ0n) is 10.1. The van der Waals surface area contributed by atoms with Crippen LogP contribution < -0.4 is 0 Å². The van der Waals surface area contributed by atoms with E-state index in [9.17, 15) is 16.8 Å². The van der Waals surface area contributed by atoms with Crippen LogP contribution in [0, 0.1) is 0 Å². The lowest BCUT2D eigenvalue weighted by Crippen LogP contribution is -2.32. The Labute approximate surface area is 111 Å². The molecule has 12 heteroatoms. The molecule has 0 saturated carbocycles. The molecule has 0 aliphatic heterocycles. The topological polar surface area (TPSA) is 173 Å². The van der Waals surface area contributed by atoms with Gasteiger partial charge in [-0.05, 0) is 0 Å². The Hall–Kier alpha value is -0.340. The summed E-state index contributed by atoms with van der Waals surface area (Å²) in [6.45, 7) is 1.75. The molecule has 0 aliphatic rings. The first-order valence-electron chi connectivity index (χ1n) is 5.01. The van der Waals surface area contributed by atoms with Gasteiger partial charge in [0.1, 0.15) is 0 Å². The number of nitrogens with zero attached hydrogens (tertiary/aromatic N) is 1. The average molecular weight is 325 g/mol. The molecule has 0 spiro atoms. The molecule has 0 saturated heterocycles. The third kappa shape index (κ3) is 20.2. The fraction of sp³-hybridized carbons (Fsp3) is 1.00. The Morgan fingerprint density at radius 2 is 0.947 bits per heavy atom. The summed E-state index contributed by atoms with van der Waals surface area (Å²) in [5, 5.41) is 23.8. The van der Waals surface area contributed by atoms with Crippen molar-refractivity contribution in [3.05, 3.63) is 0 Å². The van der Waals surface area contributed by atoms with Crippen molar-refractivity contribution in [2.24, 2.45) is 0 Å². The van der Waals surface area contributed by atoms with Crippen LogP contribution >= 0.6 is 0 Å². The SMILES string of the molecule is O=S(=O)(O)CS(=O)(=O)O.OCCN(CCO)CCO. The number of aliphatic hydroxyl groups is 3. The molecule has 0 aromatic heterocycles. The largest absolute Gasteiger partial charge is 0.395 e. The number of aliphatic hydroxyl groups excluding tert-OH is 3. The quantitative estimate of drug-likeness (QED) is 0.289. The first-order valence-corrected chi connectivity index (χ1v) is 8.22. The van der Waals surface area contributed by atoms with Crippen LogP contribution in [0.5, 0.6) is 0 Å². The second-order valence-corrected chi connectivity index (χ2v) is 6.56. The maximum absolute atomic E-state index is 9.66. The summed E-state index contributed by atoms with van der Waals surface area (Å²) in [7, 11) is -9.24. The molecule has 0 heterocycles. The highest BCUT2D eigenvalue weighted by Gasteiger charge is 2.15. The van der Waals surface area contributed by atoms with Gasteiger partial charge in [0.15, 0.2) is 0 Å². The molecule has 19 heavy (non-hydrogen) atoms. The predicted molar refractivity (Wildman–Crippen MR) is 65.7 cm³/mol. The molecule has 0 fully saturated rings. The molecule has 0 atom stereocenters. The van der Waals surface area contributed by atoms with Crippen molar-refractivity contribution in [3.8, 4) is 0 Å². The summed E-state index contributed by atoms with van der Waals surface area (Å²) in [5.41, 5.74) is 0. The summed E-state index contributed by atoms with van der Waals surface area (Å²) in [6.07, 6.45) is 0. The molecule has 0 unspecified atom stereocenters. The summed E-state index contributed by atoms with van der Waals surface area (Å²) in [4.78, 5) is 1.79. The van der Waals surface area contributed by atoms with Gasteiger partial charge in [0.2, 0.25) is 5.08 Å². The third-order valence-corrected chi connectivity index (χ3v) is 3.93. The molecule has 10 nitrogen and oxygen atoms in total. The predicted octanol–water partition coefficient (Wildman–Crippen LogP) is -3.02. The Kier molecular flexibility index (Phi) is 11.5. The minimum Gasteiger partial charge on any atom is -0.395 e. The second-order valence-electron chi connectivity index (χ2n) is 3.29.